The Morgan fingerprint density at radius 3 is 0.857 bits per heavy atom. The van der Waals surface area contributed by atoms with Gasteiger partial charge in [0.25, 0.3) is 0 Å². The Balaban J connectivity index is 1.55. The van der Waals surface area contributed by atoms with Gasteiger partial charge in [0.1, 0.15) is 11.5 Å². The molecule has 2 heterocycles. The van der Waals surface area contributed by atoms with Crippen molar-refractivity contribution >= 4 is 21.8 Å². The molecule has 0 amide bonds. The van der Waals surface area contributed by atoms with Crippen LogP contribution < -0.4 is 4.74 Å². The van der Waals surface area contributed by atoms with Gasteiger partial charge in [0.05, 0.1) is 22.4 Å². The number of fused-ring (bicyclic) bond motifs is 2. The normalized spacial score (nSPS) is 11.9. The third-order valence-electron chi connectivity index (χ3n) is 12.3. The van der Waals surface area contributed by atoms with Crippen LogP contribution in [0.5, 0.6) is 11.5 Å². The second-order valence-electron chi connectivity index (χ2n) is 14.9. The van der Waals surface area contributed by atoms with E-state index in [2.05, 4.69) is 125 Å². The van der Waals surface area contributed by atoms with Crippen molar-refractivity contribution in [1.29, 1.82) is 0 Å². The highest BCUT2D eigenvalue weighted by Crippen LogP contribution is 2.48. The van der Waals surface area contributed by atoms with E-state index in [4.69, 9.17) is 14.9 Å². The molecule has 0 aliphatic carbocycles. The molecule has 0 fully saturated rings. The first-order chi connectivity index (χ1) is 22.8. The summed E-state index contributed by atoms with van der Waals surface area (Å²) in [5.74, 6) is 1.94. The van der Waals surface area contributed by atoms with E-state index in [-0.39, 0.29) is 0 Å². The van der Waals surface area contributed by atoms with Crippen molar-refractivity contribution in [2.45, 2.75) is 111 Å². The molecule has 0 bridgehead atoms. The van der Waals surface area contributed by atoms with E-state index in [1.807, 2.05) is 9.36 Å². The molecule has 0 saturated carbocycles. The largest absolute Gasteiger partial charge is 0.456 e. The molecule has 0 aliphatic heterocycles. The molecule has 4 aromatic carbocycles. The maximum atomic E-state index is 7.13. The van der Waals surface area contributed by atoms with Crippen molar-refractivity contribution in [2.75, 3.05) is 0 Å². The van der Waals surface area contributed by atoms with Crippen LogP contribution in [0.1, 0.15) is 89.3 Å². The van der Waals surface area contributed by atoms with Gasteiger partial charge in [-0.05, 0) is 211 Å². The molecule has 0 saturated heterocycles. The van der Waals surface area contributed by atoms with Crippen molar-refractivity contribution in [2.24, 2.45) is 14.1 Å². The lowest BCUT2D eigenvalue weighted by Gasteiger charge is -2.27. The van der Waals surface area contributed by atoms with Gasteiger partial charge in [0.2, 0.25) is 0 Å². The van der Waals surface area contributed by atoms with E-state index in [0.717, 1.165) is 22.9 Å². The highest BCUT2D eigenvalue weighted by molar-refractivity contribution is 5.98. The van der Waals surface area contributed by atoms with Crippen LogP contribution in [-0.2, 0) is 14.1 Å². The second kappa shape index (κ2) is 11.6. The predicted molar refractivity (Wildman–Crippen MR) is 208 cm³/mol. The van der Waals surface area contributed by atoms with Gasteiger partial charge in [-0.25, -0.2) is 0 Å². The van der Waals surface area contributed by atoms with Crippen LogP contribution in [0.4, 0.5) is 0 Å². The van der Waals surface area contributed by atoms with Gasteiger partial charge < -0.3 is 4.74 Å². The van der Waals surface area contributed by atoms with E-state index < -0.39 is 0 Å². The molecule has 0 unspecified atom stereocenters. The number of ether oxygens (including phenoxy) is 1. The fraction of sp³-hybridized carbons (Fsp3) is 0.409. The molecule has 0 radical (unpaired) electrons. The molecule has 5 nitrogen and oxygen atoms in total. The van der Waals surface area contributed by atoms with E-state index in [0.29, 0.717) is 0 Å². The standard InChI is InChI=1S/C44H54N4O/c1-19-25(7)41-39(33(15)45-47(41)17)31(13)37(19)35-21(3)27(9)43(28(10)22(35)4)49-44-29(11)23(5)36(24(6)30(44)12)38-20(2)26(8)42-40(32(38)14)34(16)46-48(42)18/h1-18H3. The lowest BCUT2D eigenvalue weighted by Crippen LogP contribution is -2.07. The zero-order chi connectivity index (χ0) is 36.3. The van der Waals surface area contributed by atoms with Crippen molar-refractivity contribution in [3.05, 3.63) is 89.3 Å². The number of aromatic nitrogens is 4. The van der Waals surface area contributed by atoms with Crippen LogP contribution in [0.2, 0.25) is 0 Å². The maximum absolute atomic E-state index is 7.13. The fourth-order valence-electron chi connectivity index (χ4n) is 9.08. The van der Waals surface area contributed by atoms with Crippen molar-refractivity contribution in [1.82, 2.24) is 19.6 Å². The van der Waals surface area contributed by atoms with Crippen LogP contribution in [0.15, 0.2) is 0 Å². The Kier molecular flexibility index (Phi) is 8.17. The summed E-state index contributed by atoms with van der Waals surface area (Å²) in [5.41, 5.74) is 27.6. The second-order valence-corrected chi connectivity index (χ2v) is 14.9. The summed E-state index contributed by atoms with van der Waals surface area (Å²) >= 11 is 0. The quantitative estimate of drug-likeness (QED) is 0.190. The lowest BCUT2D eigenvalue weighted by molar-refractivity contribution is 0.466. The van der Waals surface area contributed by atoms with Gasteiger partial charge in [0, 0.05) is 24.9 Å². The topological polar surface area (TPSA) is 44.9 Å². The van der Waals surface area contributed by atoms with Crippen LogP contribution in [0, 0.1) is 111 Å². The van der Waals surface area contributed by atoms with Crippen molar-refractivity contribution < 1.29 is 4.74 Å². The SMILES string of the molecule is Cc1c(C)c(-c2c(C)c(C)c3c(c(C)nn3C)c2C)c(C)c(C)c1Oc1c(C)c(C)c(-c2c(C)c(C)c3c(c(C)nn3C)c2C)c(C)c1C. The minimum Gasteiger partial charge on any atom is -0.456 e. The third-order valence-corrected chi connectivity index (χ3v) is 12.3. The van der Waals surface area contributed by atoms with Gasteiger partial charge in [-0.15, -0.1) is 0 Å². The molecule has 6 aromatic rings. The summed E-state index contributed by atoms with van der Waals surface area (Å²) in [6.45, 7) is 35.8. The van der Waals surface area contributed by atoms with Gasteiger partial charge in [-0.3, -0.25) is 9.36 Å². The number of benzene rings is 4. The zero-order valence-electron chi connectivity index (χ0n) is 33.2. The number of rotatable bonds is 4. The van der Waals surface area contributed by atoms with E-state index >= 15 is 0 Å². The Hall–Kier alpha value is -4.38. The van der Waals surface area contributed by atoms with Gasteiger partial charge in [-0.2, -0.15) is 10.2 Å². The highest BCUT2D eigenvalue weighted by atomic mass is 16.5. The Labute approximate surface area is 293 Å². The van der Waals surface area contributed by atoms with Gasteiger partial charge in [0.15, 0.2) is 0 Å². The Morgan fingerprint density at radius 2 is 0.571 bits per heavy atom. The summed E-state index contributed by atoms with van der Waals surface area (Å²) < 4.78 is 11.2. The molecular weight excluding hydrogens is 601 g/mol. The van der Waals surface area contributed by atoms with Crippen LogP contribution >= 0.6 is 0 Å². The summed E-state index contributed by atoms with van der Waals surface area (Å²) in [4.78, 5) is 0. The first kappa shape index (κ1) is 34.5. The summed E-state index contributed by atoms with van der Waals surface area (Å²) in [6, 6.07) is 0. The molecule has 5 heteroatoms. The summed E-state index contributed by atoms with van der Waals surface area (Å²) in [5, 5.41) is 12.2. The van der Waals surface area contributed by atoms with Gasteiger partial charge in [-0.1, -0.05) is 0 Å². The number of hydrogen-bond donors (Lipinski definition) is 0. The minimum atomic E-state index is 0.970. The lowest BCUT2D eigenvalue weighted by atomic mass is 9.82. The number of hydrogen-bond acceptors (Lipinski definition) is 3. The molecule has 49 heavy (non-hydrogen) atoms. The monoisotopic (exact) mass is 654 g/mol. The van der Waals surface area contributed by atoms with Crippen molar-refractivity contribution in [3.63, 3.8) is 0 Å². The van der Waals surface area contributed by atoms with Crippen LogP contribution in [0.25, 0.3) is 44.1 Å². The first-order valence-corrected chi connectivity index (χ1v) is 17.6. The molecule has 0 atom stereocenters. The number of nitrogens with zero attached hydrogens (tertiary/aromatic N) is 4. The Morgan fingerprint density at radius 1 is 0.327 bits per heavy atom. The average Bonchev–Trinajstić information content (AvgIpc) is 3.52. The molecule has 2 aromatic heterocycles. The summed E-state index contributed by atoms with van der Waals surface area (Å²) in [7, 11) is 4.11. The van der Waals surface area contributed by atoms with Gasteiger partial charge >= 0.3 is 0 Å². The smallest absolute Gasteiger partial charge is 0.133 e. The Bertz CT molecular complexity index is 2200. The van der Waals surface area contributed by atoms with Crippen LogP contribution in [0.3, 0.4) is 0 Å². The van der Waals surface area contributed by atoms with E-state index in [9.17, 15) is 0 Å². The van der Waals surface area contributed by atoms with Crippen molar-refractivity contribution in [3.8, 4) is 33.8 Å². The molecule has 0 N–H and O–H groups in total. The molecule has 0 spiro atoms. The average molecular weight is 655 g/mol. The van der Waals surface area contributed by atoms with E-state index in [1.165, 1.54) is 122 Å². The van der Waals surface area contributed by atoms with E-state index in [1.54, 1.807) is 0 Å². The van der Waals surface area contributed by atoms with Crippen LogP contribution in [-0.4, -0.2) is 19.6 Å². The highest BCUT2D eigenvalue weighted by Gasteiger charge is 2.27. The maximum Gasteiger partial charge on any atom is 0.133 e. The fourth-order valence-corrected chi connectivity index (χ4v) is 9.08. The molecule has 6 rings (SSSR count). The number of aryl methyl sites for hydroxylation is 8. The molecule has 0 aliphatic rings. The predicted octanol–water partition coefficient (Wildman–Crippen LogP) is 11.5. The molecule has 256 valence electrons. The summed E-state index contributed by atoms with van der Waals surface area (Å²) in [6.07, 6.45) is 0. The first-order valence-electron chi connectivity index (χ1n) is 17.6. The third kappa shape index (κ3) is 4.64. The molecular formula is C44H54N4O. The minimum absolute atomic E-state index is 0.970. The zero-order valence-corrected chi connectivity index (χ0v) is 33.2.